The number of carbonyl (C=O) groups is 1. The molecule has 0 aliphatic carbocycles. The van der Waals surface area contributed by atoms with Crippen LogP contribution in [0.1, 0.15) is 13.3 Å². The first kappa shape index (κ1) is 16.6. The van der Waals surface area contributed by atoms with Crippen LogP contribution in [0.15, 0.2) is 24.3 Å². The zero-order chi connectivity index (χ0) is 16.2. The summed E-state index contributed by atoms with van der Waals surface area (Å²) in [7, 11) is 0. The molecule has 2 atom stereocenters. The van der Waals surface area contributed by atoms with Crippen LogP contribution in [-0.2, 0) is 9.53 Å². The smallest absolute Gasteiger partial charge is 0.323 e. The molecule has 0 aromatic heterocycles. The summed E-state index contributed by atoms with van der Waals surface area (Å²) < 4.78 is 11.0. The van der Waals surface area contributed by atoms with E-state index in [2.05, 4.69) is 9.80 Å². The van der Waals surface area contributed by atoms with Crippen molar-refractivity contribution < 1.29 is 14.3 Å². The molecule has 23 heavy (non-hydrogen) atoms. The number of carbonyl (C=O) groups excluding carboxylic acids is 1. The summed E-state index contributed by atoms with van der Waals surface area (Å²) in [5.41, 5.74) is 0. The molecule has 0 N–H and O–H groups in total. The molecule has 0 radical (unpaired) electrons. The molecule has 2 aliphatic heterocycles. The third kappa shape index (κ3) is 4.16. The lowest BCUT2D eigenvalue weighted by atomic mass is 10.1. The quantitative estimate of drug-likeness (QED) is 0.769. The highest BCUT2D eigenvalue weighted by Crippen LogP contribution is 2.23. The summed E-state index contributed by atoms with van der Waals surface area (Å²) in [6, 6.07) is 7.47. The number of benzene rings is 1. The Morgan fingerprint density at radius 2 is 2.00 bits per heavy atom. The Morgan fingerprint density at radius 3 is 2.65 bits per heavy atom. The largest absolute Gasteiger partial charge is 0.491 e. The molecule has 2 fully saturated rings. The van der Waals surface area contributed by atoms with E-state index in [0.29, 0.717) is 11.6 Å². The Labute approximate surface area is 142 Å². The van der Waals surface area contributed by atoms with Gasteiger partial charge in [-0.1, -0.05) is 23.7 Å². The van der Waals surface area contributed by atoms with E-state index in [1.165, 1.54) is 0 Å². The van der Waals surface area contributed by atoms with Gasteiger partial charge in [0.1, 0.15) is 24.5 Å². The van der Waals surface area contributed by atoms with Gasteiger partial charge in [0.25, 0.3) is 0 Å². The minimum atomic E-state index is -0.0620. The fourth-order valence-corrected chi connectivity index (χ4v) is 3.37. The van der Waals surface area contributed by atoms with Crippen molar-refractivity contribution in [2.24, 2.45) is 0 Å². The monoisotopic (exact) mass is 338 g/mol. The predicted molar refractivity (Wildman–Crippen MR) is 88.9 cm³/mol. The molecule has 126 valence electrons. The van der Waals surface area contributed by atoms with Crippen molar-refractivity contribution in [1.82, 2.24) is 9.80 Å². The fraction of sp³-hybridized carbons (Fsp3) is 0.588. The van der Waals surface area contributed by atoms with Gasteiger partial charge in [-0.15, -0.1) is 0 Å². The molecule has 1 aromatic rings. The summed E-state index contributed by atoms with van der Waals surface area (Å²) in [5.74, 6) is 0.670. The average molecular weight is 339 g/mol. The molecule has 2 heterocycles. The minimum absolute atomic E-state index is 0.0495. The Balaban J connectivity index is 1.40. The van der Waals surface area contributed by atoms with Crippen molar-refractivity contribution >= 4 is 17.6 Å². The van der Waals surface area contributed by atoms with Crippen molar-refractivity contribution in [3.8, 4) is 5.75 Å². The van der Waals surface area contributed by atoms with Crippen LogP contribution in [0.3, 0.4) is 0 Å². The van der Waals surface area contributed by atoms with Crippen molar-refractivity contribution in [2.75, 3.05) is 39.3 Å². The minimum Gasteiger partial charge on any atom is -0.491 e. The van der Waals surface area contributed by atoms with Gasteiger partial charge < -0.3 is 9.47 Å². The third-order valence-electron chi connectivity index (χ3n) is 4.49. The Morgan fingerprint density at radius 1 is 1.26 bits per heavy atom. The topological polar surface area (TPSA) is 42.0 Å². The van der Waals surface area contributed by atoms with E-state index < -0.39 is 0 Å². The number of hydrogen-bond donors (Lipinski definition) is 0. The number of para-hydroxylation sites is 1. The van der Waals surface area contributed by atoms with Gasteiger partial charge in [0, 0.05) is 39.1 Å². The van der Waals surface area contributed by atoms with Crippen LogP contribution in [-0.4, -0.2) is 67.2 Å². The first-order chi connectivity index (χ1) is 11.1. The Hall–Kier alpha value is -1.30. The lowest BCUT2D eigenvalue weighted by molar-refractivity contribution is -0.145. The van der Waals surface area contributed by atoms with Gasteiger partial charge in [-0.05, 0) is 19.1 Å². The van der Waals surface area contributed by atoms with Gasteiger partial charge in [0.2, 0.25) is 0 Å². The highest BCUT2D eigenvalue weighted by molar-refractivity contribution is 6.32. The second kappa shape index (κ2) is 7.51. The number of esters is 1. The van der Waals surface area contributed by atoms with Gasteiger partial charge in [-0.2, -0.15) is 0 Å². The van der Waals surface area contributed by atoms with Crippen molar-refractivity contribution in [1.29, 1.82) is 0 Å². The maximum Gasteiger partial charge on any atom is 0.323 e. The molecule has 0 saturated carbocycles. The SMILES string of the molecule is CC1CC(N2CCN(CCOc3ccccc3Cl)CC2)C(=O)O1. The second-order valence-electron chi connectivity index (χ2n) is 6.16. The van der Waals surface area contributed by atoms with E-state index in [1.54, 1.807) is 0 Å². The molecule has 1 aromatic carbocycles. The summed E-state index contributed by atoms with van der Waals surface area (Å²) in [5, 5.41) is 0.645. The van der Waals surface area contributed by atoms with Crippen molar-refractivity contribution in [2.45, 2.75) is 25.5 Å². The maximum atomic E-state index is 11.8. The Kier molecular flexibility index (Phi) is 5.41. The van der Waals surface area contributed by atoms with Gasteiger partial charge in [0.15, 0.2) is 0 Å². The van der Waals surface area contributed by atoms with Gasteiger partial charge in [-0.3, -0.25) is 14.6 Å². The van der Waals surface area contributed by atoms with E-state index in [0.717, 1.165) is 44.9 Å². The lowest BCUT2D eigenvalue weighted by Gasteiger charge is -2.36. The zero-order valence-corrected chi connectivity index (χ0v) is 14.2. The zero-order valence-electron chi connectivity index (χ0n) is 13.4. The lowest BCUT2D eigenvalue weighted by Crippen LogP contribution is -2.52. The summed E-state index contributed by atoms with van der Waals surface area (Å²) >= 11 is 6.07. The maximum absolute atomic E-state index is 11.8. The van der Waals surface area contributed by atoms with Crippen LogP contribution in [0, 0.1) is 0 Å². The van der Waals surface area contributed by atoms with Crippen LogP contribution in [0.25, 0.3) is 0 Å². The molecule has 3 rings (SSSR count). The number of piperazine rings is 1. The van der Waals surface area contributed by atoms with Crippen LogP contribution >= 0.6 is 11.6 Å². The van der Waals surface area contributed by atoms with Crippen LogP contribution in [0.2, 0.25) is 5.02 Å². The van der Waals surface area contributed by atoms with Crippen LogP contribution in [0.5, 0.6) is 5.75 Å². The summed E-state index contributed by atoms with van der Waals surface area (Å²) in [4.78, 5) is 16.4. The van der Waals surface area contributed by atoms with Crippen molar-refractivity contribution in [3.63, 3.8) is 0 Å². The van der Waals surface area contributed by atoms with E-state index in [-0.39, 0.29) is 18.1 Å². The number of rotatable bonds is 5. The molecule has 0 spiro atoms. The molecule has 0 amide bonds. The molecule has 2 aliphatic rings. The first-order valence-corrected chi connectivity index (χ1v) is 8.55. The molecule has 0 bridgehead atoms. The predicted octanol–water partition coefficient (Wildman–Crippen LogP) is 2.04. The number of halogens is 1. The molecule has 6 heteroatoms. The molecule has 2 saturated heterocycles. The number of cyclic esters (lactones) is 1. The van der Waals surface area contributed by atoms with Crippen molar-refractivity contribution in [3.05, 3.63) is 29.3 Å². The normalized spacial score (nSPS) is 26.3. The van der Waals surface area contributed by atoms with E-state index in [9.17, 15) is 4.79 Å². The molecular formula is C17H23ClN2O3. The standard InChI is InChI=1S/C17H23ClN2O3/c1-13-12-15(17(21)23-13)20-8-6-19(7-9-20)10-11-22-16-5-3-2-4-14(16)18/h2-5,13,15H,6-12H2,1H3. The summed E-state index contributed by atoms with van der Waals surface area (Å²) in [6.45, 7) is 7.14. The van der Waals surface area contributed by atoms with Crippen LogP contribution < -0.4 is 4.74 Å². The summed E-state index contributed by atoms with van der Waals surface area (Å²) in [6.07, 6.45) is 0.864. The van der Waals surface area contributed by atoms with Gasteiger partial charge >= 0.3 is 5.97 Å². The number of hydrogen-bond acceptors (Lipinski definition) is 5. The number of ether oxygens (including phenoxy) is 2. The van der Waals surface area contributed by atoms with Gasteiger partial charge in [-0.25, -0.2) is 0 Å². The first-order valence-electron chi connectivity index (χ1n) is 8.17. The number of nitrogens with zero attached hydrogens (tertiary/aromatic N) is 2. The van der Waals surface area contributed by atoms with Gasteiger partial charge in [0.05, 0.1) is 5.02 Å². The molecule has 2 unspecified atom stereocenters. The second-order valence-corrected chi connectivity index (χ2v) is 6.56. The molecule has 5 nitrogen and oxygen atoms in total. The highest BCUT2D eigenvalue weighted by Gasteiger charge is 2.37. The third-order valence-corrected chi connectivity index (χ3v) is 4.81. The fourth-order valence-electron chi connectivity index (χ4n) is 3.18. The van der Waals surface area contributed by atoms with E-state index >= 15 is 0 Å². The Bertz CT molecular complexity index is 546. The average Bonchev–Trinajstić information content (AvgIpc) is 2.88. The van der Waals surface area contributed by atoms with Crippen LogP contribution in [0.4, 0.5) is 0 Å². The molecular weight excluding hydrogens is 316 g/mol. The van der Waals surface area contributed by atoms with E-state index in [4.69, 9.17) is 21.1 Å². The van der Waals surface area contributed by atoms with E-state index in [1.807, 2.05) is 31.2 Å². The highest BCUT2D eigenvalue weighted by atomic mass is 35.5.